The lowest BCUT2D eigenvalue weighted by molar-refractivity contribution is -0.137. The molecule has 3 N–H and O–H groups in total. The molecule has 7 heteroatoms. The van der Waals surface area contributed by atoms with Crippen LogP contribution in [0.2, 0.25) is 0 Å². The summed E-state index contributed by atoms with van der Waals surface area (Å²) in [5.74, 6) is -1.00. The van der Waals surface area contributed by atoms with Gasteiger partial charge in [0.2, 0.25) is 0 Å². The van der Waals surface area contributed by atoms with Crippen LogP contribution in [0.25, 0.3) is 0 Å². The Labute approximate surface area is 91.9 Å². The predicted octanol–water partition coefficient (Wildman–Crippen LogP) is 0.225. The molecule has 0 bridgehead atoms. The van der Waals surface area contributed by atoms with Gasteiger partial charge in [0.15, 0.2) is 0 Å². The number of nitrogens with two attached hydrogens (primary N) is 1. The molecule has 1 unspecified atom stereocenters. The van der Waals surface area contributed by atoms with Gasteiger partial charge >= 0.3 is 12.0 Å². The smallest absolute Gasteiger partial charge is 0.319 e. The number of urea groups is 1. The molecule has 0 spiro atoms. The van der Waals surface area contributed by atoms with Gasteiger partial charge in [-0.3, -0.25) is 9.69 Å². The summed E-state index contributed by atoms with van der Waals surface area (Å²) >= 11 is 0. The van der Waals surface area contributed by atoms with E-state index in [-0.39, 0.29) is 6.42 Å². The molecule has 0 aromatic carbocycles. The normalized spacial score (nSPS) is 11.8. The Morgan fingerprint density at radius 3 is 2.50 bits per heavy atom. The second-order valence-corrected chi connectivity index (χ2v) is 3.25. The zero-order valence-corrected chi connectivity index (χ0v) is 8.70. The van der Waals surface area contributed by atoms with Gasteiger partial charge in [-0.25, -0.2) is 14.8 Å². The van der Waals surface area contributed by atoms with Crippen LogP contribution in [-0.4, -0.2) is 33.1 Å². The standard InChI is InChI=1S/C9H12N4O3/c1-6(2-8(14)15)13(9(10)16)7-3-11-5-12-4-7/h3-6H,2H2,1H3,(H2,10,16)(H,14,15). The van der Waals surface area contributed by atoms with Crippen molar-refractivity contribution < 1.29 is 14.7 Å². The van der Waals surface area contributed by atoms with Crippen molar-refractivity contribution in [2.75, 3.05) is 4.90 Å². The van der Waals surface area contributed by atoms with Crippen molar-refractivity contribution in [2.24, 2.45) is 5.73 Å². The minimum absolute atomic E-state index is 0.197. The number of carboxylic acid groups (broad SMARTS) is 1. The number of aliphatic carboxylic acids is 1. The second-order valence-electron chi connectivity index (χ2n) is 3.25. The second kappa shape index (κ2) is 5.06. The van der Waals surface area contributed by atoms with E-state index < -0.39 is 18.0 Å². The summed E-state index contributed by atoms with van der Waals surface area (Å²) in [5, 5.41) is 8.65. The Kier molecular flexibility index (Phi) is 3.76. The zero-order valence-electron chi connectivity index (χ0n) is 8.70. The molecule has 1 heterocycles. The highest BCUT2D eigenvalue weighted by atomic mass is 16.4. The minimum Gasteiger partial charge on any atom is -0.481 e. The number of carboxylic acids is 1. The van der Waals surface area contributed by atoms with E-state index in [9.17, 15) is 9.59 Å². The van der Waals surface area contributed by atoms with Crippen molar-refractivity contribution in [2.45, 2.75) is 19.4 Å². The first-order chi connectivity index (χ1) is 7.52. The molecule has 0 saturated heterocycles. The van der Waals surface area contributed by atoms with Gasteiger partial charge in [-0.05, 0) is 6.92 Å². The summed E-state index contributed by atoms with van der Waals surface area (Å²) < 4.78 is 0. The van der Waals surface area contributed by atoms with E-state index in [1.54, 1.807) is 6.92 Å². The van der Waals surface area contributed by atoms with E-state index in [1.807, 2.05) is 0 Å². The quantitative estimate of drug-likeness (QED) is 0.760. The van der Waals surface area contributed by atoms with Gasteiger partial charge in [0.25, 0.3) is 0 Å². The van der Waals surface area contributed by atoms with Gasteiger partial charge in [0.05, 0.1) is 24.5 Å². The molecule has 0 aliphatic heterocycles. The number of hydrogen-bond acceptors (Lipinski definition) is 4. The molecular formula is C9H12N4O3. The molecule has 0 saturated carbocycles. The molecule has 1 aromatic rings. The molecule has 1 atom stereocenters. The van der Waals surface area contributed by atoms with E-state index in [0.717, 1.165) is 4.90 Å². The average molecular weight is 224 g/mol. The molecule has 1 aromatic heterocycles. The first-order valence-corrected chi connectivity index (χ1v) is 4.58. The number of aromatic nitrogens is 2. The number of primary amides is 1. The first kappa shape index (κ1) is 11.9. The highest BCUT2D eigenvalue weighted by Crippen LogP contribution is 2.15. The van der Waals surface area contributed by atoms with Crippen molar-refractivity contribution in [3.05, 3.63) is 18.7 Å². The van der Waals surface area contributed by atoms with Gasteiger partial charge in [0, 0.05) is 6.04 Å². The van der Waals surface area contributed by atoms with Crippen LogP contribution in [0.15, 0.2) is 18.7 Å². The van der Waals surface area contributed by atoms with E-state index in [2.05, 4.69) is 9.97 Å². The first-order valence-electron chi connectivity index (χ1n) is 4.58. The van der Waals surface area contributed by atoms with Gasteiger partial charge in [-0.15, -0.1) is 0 Å². The van der Waals surface area contributed by atoms with Crippen LogP contribution in [0, 0.1) is 0 Å². The summed E-state index contributed by atoms with van der Waals surface area (Å²) in [6, 6.07) is -1.29. The molecule has 0 fully saturated rings. The van der Waals surface area contributed by atoms with Crippen LogP contribution in [0.3, 0.4) is 0 Å². The Morgan fingerprint density at radius 1 is 1.50 bits per heavy atom. The largest absolute Gasteiger partial charge is 0.481 e. The molecule has 0 radical (unpaired) electrons. The zero-order chi connectivity index (χ0) is 12.1. The number of hydrogen-bond donors (Lipinski definition) is 2. The predicted molar refractivity (Wildman–Crippen MR) is 55.8 cm³/mol. The Balaban J connectivity index is 2.92. The fraction of sp³-hybridized carbons (Fsp3) is 0.333. The van der Waals surface area contributed by atoms with Crippen molar-refractivity contribution in [3.8, 4) is 0 Å². The number of carbonyl (C=O) groups is 2. The number of rotatable bonds is 4. The third-order valence-corrected chi connectivity index (χ3v) is 1.97. The van der Waals surface area contributed by atoms with Gasteiger partial charge in [0.1, 0.15) is 6.33 Å². The van der Waals surface area contributed by atoms with E-state index in [4.69, 9.17) is 10.8 Å². The van der Waals surface area contributed by atoms with Crippen LogP contribution in [0.4, 0.5) is 10.5 Å². The highest BCUT2D eigenvalue weighted by molar-refractivity contribution is 5.91. The average Bonchev–Trinajstić information content (AvgIpc) is 2.17. The summed E-state index contributed by atoms with van der Waals surface area (Å²) in [7, 11) is 0. The molecule has 2 amide bonds. The lowest BCUT2D eigenvalue weighted by atomic mass is 10.2. The summed E-state index contributed by atoms with van der Waals surface area (Å²) in [6.45, 7) is 1.59. The molecule has 16 heavy (non-hydrogen) atoms. The number of nitrogens with zero attached hydrogens (tertiary/aromatic N) is 3. The van der Waals surface area contributed by atoms with Gasteiger partial charge < -0.3 is 10.8 Å². The van der Waals surface area contributed by atoms with Crippen LogP contribution in [0.1, 0.15) is 13.3 Å². The van der Waals surface area contributed by atoms with Crippen LogP contribution in [-0.2, 0) is 4.79 Å². The lowest BCUT2D eigenvalue weighted by Crippen LogP contribution is -2.43. The van der Waals surface area contributed by atoms with E-state index in [1.165, 1.54) is 18.7 Å². The van der Waals surface area contributed by atoms with Crippen LogP contribution >= 0.6 is 0 Å². The molecule has 0 aliphatic carbocycles. The lowest BCUT2D eigenvalue weighted by Gasteiger charge is -2.25. The van der Waals surface area contributed by atoms with E-state index in [0.29, 0.717) is 5.69 Å². The molecule has 86 valence electrons. The maximum Gasteiger partial charge on any atom is 0.319 e. The van der Waals surface area contributed by atoms with Crippen molar-refractivity contribution in [3.63, 3.8) is 0 Å². The van der Waals surface area contributed by atoms with Crippen molar-refractivity contribution in [1.82, 2.24) is 9.97 Å². The maximum atomic E-state index is 11.2. The molecular weight excluding hydrogens is 212 g/mol. The maximum absolute atomic E-state index is 11.2. The van der Waals surface area contributed by atoms with Gasteiger partial charge in [-0.2, -0.15) is 0 Å². The van der Waals surface area contributed by atoms with Gasteiger partial charge in [-0.1, -0.05) is 0 Å². The molecule has 1 rings (SSSR count). The van der Waals surface area contributed by atoms with Crippen molar-refractivity contribution in [1.29, 1.82) is 0 Å². The third kappa shape index (κ3) is 2.91. The fourth-order valence-electron chi connectivity index (χ4n) is 1.36. The number of anilines is 1. The minimum atomic E-state index is -1.00. The Hall–Kier alpha value is -2.18. The summed E-state index contributed by atoms with van der Waals surface area (Å²) in [5.41, 5.74) is 5.56. The summed E-state index contributed by atoms with van der Waals surface area (Å²) in [6.07, 6.45) is 3.91. The number of carbonyl (C=O) groups excluding carboxylic acids is 1. The monoisotopic (exact) mass is 224 g/mol. The van der Waals surface area contributed by atoms with Crippen molar-refractivity contribution >= 4 is 17.7 Å². The highest BCUT2D eigenvalue weighted by Gasteiger charge is 2.22. The third-order valence-electron chi connectivity index (χ3n) is 1.97. The molecule has 0 aliphatic rings. The summed E-state index contributed by atoms with van der Waals surface area (Å²) in [4.78, 5) is 30.4. The number of amides is 2. The van der Waals surface area contributed by atoms with Crippen LogP contribution < -0.4 is 10.6 Å². The fourth-order valence-corrected chi connectivity index (χ4v) is 1.36. The Morgan fingerprint density at radius 2 is 2.06 bits per heavy atom. The van der Waals surface area contributed by atoms with E-state index >= 15 is 0 Å². The topological polar surface area (TPSA) is 109 Å². The SMILES string of the molecule is CC(CC(=O)O)N(C(N)=O)c1cncnc1. The van der Waals surface area contributed by atoms with Crippen LogP contribution in [0.5, 0.6) is 0 Å². The Bertz CT molecular complexity index is 382. The molecule has 7 nitrogen and oxygen atoms in total.